The van der Waals surface area contributed by atoms with Crippen molar-refractivity contribution >= 4 is 23.7 Å². The van der Waals surface area contributed by atoms with E-state index >= 15 is 0 Å². The first-order valence-electron chi connectivity index (χ1n) is 10.6. The summed E-state index contributed by atoms with van der Waals surface area (Å²) < 4.78 is 0. The lowest BCUT2D eigenvalue weighted by Crippen LogP contribution is -2.54. The van der Waals surface area contributed by atoms with Crippen LogP contribution in [0.5, 0.6) is 5.75 Å². The molecular formula is C21H33N5O7. The normalized spacial score (nSPS) is 14.4. The summed E-state index contributed by atoms with van der Waals surface area (Å²) in [4.78, 5) is 48.5. The third-order valence-electron chi connectivity index (χ3n) is 4.84. The first kappa shape index (κ1) is 27.8. The van der Waals surface area contributed by atoms with E-state index in [2.05, 4.69) is 16.0 Å². The predicted molar refractivity (Wildman–Crippen MR) is 119 cm³/mol. The minimum Gasteiger partial charge on any atom is -0.508 e. The highest BCUT2D eigenvalue weighted by Crippen LogP contribution is 2.12. The molecular weight excluding hydrogens is 434 g/mol. The number of nitrogens with two attached hydrogens (primary N) is 2. The minimum atomic E-state index is -1.26. The van der Waals surface area contributed by atoms with E-state index < -0.39 is 54.5 Å². The topological polar surface area (TPSA) is 217 Å². The molecule has 0 saturated heterocycles. The summed E-state index contributed by atoms with van der Waals surface area (Å²) in [7, 11) is 0. The fraction of sp³-hybridized carbons (Fsp3) is 0.524. The van der Waals surface area contributed by atoms with Gasteiger partial charge in [0.15, 0.2) is 0 Å². The summed E-state index contributed by atoms with van der Waals surface area (Å²) >= 11 is 0. The highest BCUT2D eigenvalue weighted by Gasteiger charge is 2.27. The molecule has 12 heteroatoms. The molecule has 4 atom stereocenters. The number of hydrogen-bond acceptors (Lipinski definition) is 8. The Kier molecular flexibility index (Phi) is 11.8. The lowest BCUT2D eigenvalue weighted by molar-refractivity contribution is -0.142. The number of phenolic OH excluding ortho intramolecular Hbond substituents is 1. The number of benzene rings is 1. The lowest BCUT2D eigenvalue weighted by atomic mass is 10.0. The second-order valence-electron chi connectivity index (χ2n) is 7.66. The Morgan fingerprint density at radius 3 is 2.18 bits per heavy atom. The van der Waals surface area contributed by atoms with Crippen LogP contribution in [0.1, 0.15) is 31.7 Å². The molecule has 33 heavy (non-hydrogen) atoms. The maximum Gasteiger partial charge on any atom is 0.326 e. The van der Waals surface area contributed by atoms with Crippen LogP contribution >= 0.6 is 0 Å². The van der Waals surface area contributed by atoms with E-state index in [1.807, 2.05) is 0 Å². The van der Waals surface area contributed by atoms with Crippen LogP contribution in [0.25, 0.3) is 0 Å². The Labute approximate surface area is 191 Å². The first-order chi connectivity index (χ1) is 15.5. The number of amides is 3. The van der Waals surface area contributed by atoms with Gasteiger partial charge in [0, 0.05) is 6.42 Å². The minimum absolute atomic E-state index is 0.0267. The average molecular weight is 468 g/mol. The Hall–Kier alpha value is -3.22. The zero-order valence-corrected chi connectivity index (χ0v) is 18.5. The highest BCUT2D eigenvalue weighted by atomic mass is 16.4. The van der Waals surface area contributed by atoms with Crippen LogP contribution in [0, 0.1) is 0 Å². The summed E-state index contributed by atoms with van der Waals surface area (Å²) in [5, 5.41) is 35.4. The molecule has 0 radical (unpaired) electrons. The van der Waals surface area contributed by atoms with E-state index in [4.69, 9.17) is 11.5 Å². The summed E-state index contributed by atoms with van der Waals surface area (Å²) in [5.74, 6) is -3.34. The largest absolute Gasteiger partial charge is 0.508 e. The molecule has 0 fully saturated rings. The van der Waals surface area contributed by atoms with E-state index in [0.717, 1.165) is 0 Å². The van der Waals surface area contributed by atoms with E-state index in [9.17, 15) is 34.5 Å². The van der Waals surface area contributed by atoms with Crippen LogP contribution in [0.3, 0.4) is 0 Å². The van der Waals surface area contributed by atoms with Crippen LogP contribution in [-0.2, 0) is 25.6 Å². The number of carboxylic acids is 1. The van der Waals surface area contributed by atoms with Gasteiger partial charge < -0.3 is 42.7 Å². The average Bonchev–Trinajstić information content (AvgIpc) is 2.77. The summed E-state index contributed by atoms with van der Waals surface area (Å²) in [6, 6.07) is 2.37. The summed E-state index contributed by atoms with van der Waals surface area (Å²) in [5.41, 5.74) is 11.6. The first-order valence-corrected chi connectivity index (χ1v) is 10.6. The molecule has 0 saturated carbocycles. The van der Waals surface area contributed by atoms with Gasteiger partial charge in [-0.1, -0.05) is 12.1 Å². The second kappa shape index (κ2) is 14.0. The SMILES string of the molecule is CC(O)C(N)C(=O)NCC(=O)NC(CCCCN)C(=O)NC(Cc1ccc(O)cc1)C(=O)O. The second-order valence-corrected chi connectivity index (χ2v) is 7.66. The zero-order valence-electron chi connectivity index (χ0n) is 18.5. The van der Waals surface area contributed by atoms with Gasteiger partial charge in [0.1, 0.15) is 23.9 Å². The van der Waals surface area contributed by atoms with Crippen molar-refractivity contribution in [1.29, 1.82) is 0 Å². The third kappa shape index (κ3) is 10.3. The number of phenols is 1. The van der Waals surface area contributed by atoms with Gasteiger partial charge in [-0.25, -0.2) is 4.79 Å². The van der Waals surface area contributed by atoms with Gasteiger partial charge in [-0.05, 0) is 50.4 Å². The third-order valence-corrected chi connectivity index (χ3v) is 4.84. The number of aliphatic carboxylic acids is 1. The number of nitrogens with one attached hydrogen (secondary N) is 3. The van der Waals surface area contributed by atoms with Crippen molar-refractivity contribution in [3.63, 3.8) is 0 Å². The number of unbranched alkanes of at least 4 members (excludes halogenated alkanes) is 1. The van der Waals surface area contributed by atoms with Crippen LogP contribution in [0.15, 0.2) is 24.3 Å². The van der Waals surface area contributed by atoms with Gasteiger partial charge in [0.25, 0.3) is 0 Å². The smallest absolute Gasteiger partial charge is 0.326 e. The van der Waals surface area contributed by atoms with E-state index in [0.29, 0.717) is 24.9 Å². The van der Waals surface area contributed by atoms with Crippen molar-refractivity contribution in [1.82, 2.24) is 16.0 Å². The van der Waals surface area contributed by atoms with Crippen LogP contribution in [0.4, 0.5) is 0 Å². The van der Waals surface area contributed by atoms with E-state index in [-0.39, 0.29) is 18.6 Å². The predicted octanol–water partition coefficient (Wildman–Crippen LogP) is -2.06. The molecule has 184 valence electrons. The number of carbonyl (C=O) groups excluding carboxylic acids is 3. The molecule has 0 aliphatic rings. The summed E-state index contributed by atoms with van der Waals surface area (Å²) in [6.07, 6.45) is 0.170. The maximum absolute atomic E-state index is 12.8. The number of aliphatic hydroxyl groups is 1. The molecule has 12 nitrogen and oxygen atoms in total. The quantitative estimate of drug-likeness (QED) is 0.141. The van der Waals surface area contributed by atoms with Gasteiger partial charge in [0.05, 0.1) is 12.6 Å². The molecule has 4 unspecified atom stereocenters. The maximum atomic E-state index is 12.8. The Morgan fingerprint density at radius 2 is 1.64 bits per heavy atom. The van der Waals surface area contributed by atoms with E-state index in [1.54, 1.807) is 12.1 Å². The molecule has 0 aliphatic heterocycles. The van der Waals surface area contributed by atoms with E-state index in [1.165, 1.54) is 19.1 Å². The lowest BCUT2D eigenvalue weighted by Gasteiger charge is -2.22. The number of carbonyl (C=O) groups is 4. The number of hydrogen-bond donors (Lipinski definition) is 8. The van der Waals surface area contributed by atoms with Gasteiger partial charge >= 0.3 is 5.97 Å². The molecule has 1 aromatic rings. The highest BCUT2D eigenvalue weighted by molar-refractivity contribution is 5.92. The Bertz CT molecular complexity index is 801. The van der Waals surface area contributed by atoms with Crippen molar-refractivity contribution in [2.75, 3.05) is 13.1 Å². The standard InChI is InChI=1S/C21H33N5O7/c1-12(27)18(23)20(31)24-11-17(29)25-15(4-2-3-9-22)19(30)26-16(21(32)33)10-13-5-7-14(28)8-6-13/h5-8,12,15-16,18,27-28H,2-4,9-11,22-23H2,1H3,(H,24,31)(H,25,29)(H,26,30)(H,32,33). The van der Waals surface area contributed by atoms with Crippen molar-refractivity contribution < 1.29 is 34.5 Å². The van der Waals surface area contributed by atoms with Crippen molar-refractivity contribution in [2.24, 2.45) is 11.5 Å². The van der Waals surface area contributed by atoms with Crippen molar-refractivity contribution in [3.8, 4) is 5.75 Å². The molecule has 0 aromatic heterocycles. The van der Waals surface area contributed by atoms with Crippen molar-refractivity contribution in [3.05, 3.63) is 29.8 Å². The van der Waals surface area contributed by atoms with Gasteiger partial charge in [-0.3, -0.25) is 14.4 Å². The number of aromatic hydroxyl groups is 1. The van der Waals surface area contributed by atoms with Crippen LogP contribution in [0.2, 0.25) is 0 Å². The van der Waals surface area contributed by atoms with Crippen LogP contribution < -0.4 is 27.4 Å². The Morgan fingerprint density at radius 1 is 1.00 bits per heavy atom. The number of aliphatic hydroxyl groups excluding tert-OH is 1. The Balaban J connectivity index is 2.78. The van der Waals surface area contributed by atoms with Crippen LogP contribution in [-0.4, -0.2) is 76.3 Å². The molecule has 1 rings (SSSR count). The molecule has 1 aromatic carbocycles. The number of carboxylic acid groups (broad SMARTS) is 1. The molecule has 10 N–H and O–H groups in total. The molecule has 0 bridgehead atoms. The number of rotatable bonds is 14. The van der Waals surface area contributed by atoms with Gasteiger partial charge in [0.2, 0.25) is 17.7 Å². The zero-order chi connectivity index (χ0) is 25.0. The van der Waals surface area contributed by atoms with Gasteiger partial charge in [-0.15, -0.1) is 0 Å². The monoisotopic (exact) mass is 467 g/mol. The molecule has 0 heterocycles. The molecule has 3 amide bonds. The molecule has 0 spiro atoms. The van der Waals surface area contributed by atoms with Crippen molar-refractivity contribution in [2.45, 2.75) is 56.8 Å². The molecule has 0 aliphatic carbocycles. The fourth-order valence-corrected chi connectivity index (χ4v) is 2.85. The summed E-state index contributed by atoms with van der Waals surface area (Å²) in [6.45, 7) is 1.24. The fourth-order valence-electron chi connectivity index (χ4n) is 2.85. The van der Waals surface area contributed by atoms with Gasteiger partial charge in [-0.2, -0.15) is 0 Å².